The molecule has 1 saturated heterocycles. The van der Waals surface area contributed by atoms with E-state index >= 15 is 0 Å². The minimum Gasteiger partial charge on any atom is -0.503 e. The summed E-state index contributed by atoms with van der Waals surface area (Å²) in [6, 6.07) is 2.26. The highest BCUT2D eigenvalue weighted by atomic mass is 79.9. The molecule has 1 aromatic rings. The molecule has 2 N–H and O–H groups in total. The van der Waals surface area contributed by atoms with E-state index in [2.05, 4.69) is 55.9 Å². The van der Waals surface area contributed by atoms with Crippen LogP contribution in [0.15, 0.2) is 15.0 Å². The molecule has 1 aliphatic heterocycles. The molecule has 1 aromatic carbocycles. The molecule has 1 unspecified atom stereocenters. The summed E-state index contributed by atoms with van der Waals surface area (Å²) in [4.78, 5) is 2.52. The van der Waals surface area contributed by atoms with Crippen molar-refractivity contribution in [2.45, 2.75) is 26.3 Å². The molecule has 140 valence electrons. The molecule has 4 nitrogen and oxygen atoms in total. The first kappa shape index (κ1) is 24.3. The zero-order valence-electron chi connectivity index (χ0n) is 14.1. The van der Waals surface area contributed by atoms with E-state index in [0.29, 0.717) is 22.2 Å². The van der Waals surface area contributed by atoms with E-state index in [0.717, 1.165) is 42.6 Å². The number of halogens is 4. The summed E-state index contributed by atoms with van der Waals surface area (Å²) in [5, 5.41) is 13.6. The second kappa shape index (κ2) is 11.1. The largest absolute Gasteiger partial charge is 0.503 e. The summed E-state index contributed by atoms with van der Waals surface area (Å²) in [6.45, 7) is 8.60. The number of methoxy groups -OCH3 is 1. The highest BCUT2D eigenvalue weighted by Gasteiger charge is 2.30. The summed E-state index contributed by atoms with van der Waals surface area (Å²) in [5.74, 6) is 1.16. The van der Waals surface area contributed by atoms with Gasteiger partial charge in [0, 0.05) is 36.7 Å². The molecule has 0 radical (unpaired) electrons. The van der Waals surface area contributed by atoms with Crippen LogP contribution in [0.4, 0.5) is 0 Å². The van der Waals surface area contributed by atoms with Crippen LogP contribution in [0.3, 0.4) is 0 Å². The van der Waals surface area contributed by atoms with Crippen molar-refractivity contribution in [1.29, 1.82) is 0 Å². The second-order valence-corrected chi connectivity index (χ2v) is 7.35. The van der Waals surface area contributed by atoms with Gasteiger partial charge in [-0.25, -0.2) is 0 Å². The van der Waals surface area contributed by atoms with E-state index in [4.69, 9.17) is 4.74 Å². The fourth-order valence-electron chi connectivity index (χ4n) is 3.03. The predicted octanol–water partition coefficient (Wildman–Crippen LogP) is 4.76. The molecule has 0 bridgehead atoms. The van der Waals surface area contributed by atoms with Gasteiger partial charge in [-0.3, -0.25) is 4.90 Å². The van der Waals surface area contributed by atoms with E-state index in [1.54, 1.807) is 7.11 Å². The van der Waals surface area contributed by atoms with Gasteiger partial charge in [0.25, 0.3) is 0 Å². The summed E-state index contributed by atoms with van der Waals surface area (Å²) < 4.78 is 6.91. The van der Waals surface area contributed by atoms with Crippen LogP contribution >= 0.6 is 56.7 Å². The fraction of sp³-hybridized carbons (Fsp3) is 0.625. The number of phenolic OH excluding ortho intramolecular Hbond substituents is 1. The molecule has 1 fully saturated rings. The fourth-order valence-corrected chi connectivity index (χ4v) is 3.99. The summed E-state index contributed by atoms with van der Waals surface area (Å²) in [5.41, 5.74) is 1.16. The van der Waals surface area contributed by atoms with Crippen molar-refractivity contribution in [2.75, 3.05) is 33.3 Å². The van der Waals surface area contributed by atoms with Gasteiger partial charge in [-0.15, -0.1) is 24.8 Å². The molecule has 0 aromatic heterocycles. The van der Waals surface area contributed by atoms with Crippen LogP contribution in [0.25, 0.3) is 0 Å². The Kier molecular flexibility index (Phi) is 11.2. The normalized spacial score (nSPS) is 17.4. The van der Waals surface area contributed by atoms with Crippen LogP contribution in [0.1, 0.15) is 31.9 Å². The monoisotopic (exact) mass is 506 g/mol. The van der Waals surface area contributed by atoms with Crippen molar-refractivity contribution < 1.29 is 9.84 Å². The van der Waals surface area contributed by atoms with Crippen molar-refractivity contribution in [3.05, 3.63) is 20.6 Å². The standard InChI is InChI=1S/C16H24Br2N2O2.2ClH/c1-4-10(2)15(20-7-5-19-6-8-20)11-9-12(22-3)16(21)14(18)13(11)17;;/h9-10,15,19,21H,4-8H2,1-3H3;2*1H/t10?,15-;;/m1../s1. The maximum absolute atomic E-state index is 10.2. The summed E-state index contributed by atoms with van der Waals surface area (Å²) >= 11 is 7.13. The van der Waals surface area contributed by atoms with E-state index in [1.807, 2.05) is 6.07 Å². The maximum atomic E-state index is 10.2. The zero-order chi connectivity index (χ0) is 16.3. The van der Waals surface area contributed by atoms with Crippen molar-refractivity contribution in [1.82, 2.24) is 10.2 Å². The molecular weight excluding hydrogens is 483 g/mol. The number of hydrogen-bond acceptors (Lipinski definition) is 4. The van der Waals surface area contributed by atoms with Gasteiger partial charge in [0.1, 0.15) is 0 Å². The Morgan fingerprint density at radius 1 is 1.25 bits per heavy atom. The summed E-state index contributed by atoms with van der Waals surface area (Å²) in [6.07, 6.45) is 1.10. The van der Waals surface area contributed by atoms with Gasteiger partial charge in [0.15, 0.2) is 11.5 Å². The topological polar surface area (TPSA) is 44.7 Å². The molecule has 2 rings (SSSR count). The van der Waals surface area contributed by atoms with Crippen LogP contribution in [0.5, 0.6) is 11.5 Å². The van der Waals surface area contributed by atoms with Crippen LogP contribution < -0.4 is 10.1 Å². The maximum Gasteiger partial charge on any atom is 0.173 e. The molecule has 0 aliphatic carbocycles. The van der Waals surface area contributed by atoms with E-state index in [9.17, 15) is 5.11 Å². The van der Waals surface area contributed by atoms with Crippen LogP contribution in [0, 0.1) is 5.92 Å². The minimum atomic E-state index is 0. The number of nitrogens with one attached hydrogen (secondary N) is 1. The smallest absolute Gasteiger partial charge is 0.173 e. The molecule has 24 heavy (non-hydrogen) atoms. The Hall–Kier alpha value is 0.280. The number of rotatable bonds is 5. The Bertz CT molecular complexity index is 529. The number of nitrogens with zero attached hydrogens (tertiary/aromatic N) is 1. The zero-order valence-corrected chi connectivity index (χ0v) is 18.9. The lowest BCUT2D eigenvalue weighted by Gasteiger charge is -2.39. The highest BCUT2D eigenvalue weighted by molar-refractivity contribution is 9.13. The summed E-state index contributed by atoms with van der Waals surface area (Å²) in [7, 11) is 1.59. The van der Waals surface area contributed by atoms with Gasteiger partial charge in [-0.05, 0) is 49.4 Å². The average molecular weight is 509 g/mol. The predicted molar refractivity (Wildman–Crippen MR) is 111 cm³/mol. The van der Waals surface area contributed by atoms with E-state index in [1.165, 1.54) is 0 Å². The minimum absolute atomic E-state index is 0. The number of aromatic hydroxyl groups is 1. The van der Waals surface area contributed by atoms with Gasteiger partial charge >= 0.3 is 0 Å². The highest BCUT2D eigenvalue weighted by Crippen LogP contribution is 2.46. The lowest BCUT2D eigenvalue weighted by atomic mass is 9.90. The molecule has 0 amide bonds. The average Bonchev–Trinajstić information content (AvgIpc) is 2.55. The third-order valence-electron chi connectivity index (χ3n) is 4.44. The molecule has 8 heteroatoms. The lowest BCUT2D eigenvalue weighted by Crippen LogP contribution is -2.46. The third kappa shape index (κ3) is 5.15. The van der Waals surface area contributed by atoms with Gasteiger partial charge in [-0.2, -0.15) is 0 Å². The molecular formula is C16H26Br2Cl2N2O2. The van der Waals surface area contributed by atoms with Crippen LogP contribution in [-0.2, 0) is 0 Å². The molecule has 1 heterocycles. The Balaban J connectivity index is 0.00000264. The molecule has 0 spiro atoms. The van der Waals surface area contributed by atoms with Gasteiger partial charge < -0.3 is 15.2 Å². The van der Waals surface area contributed by atoms with Crippen molar-refractivity contribution >= 4 is 56.7 Å². The SMILES string of the molecule is CCC(C)[C@H](c1cc(OC)c(O)c(Br)c1Br)N1CCNCC1.Cl.Cl. The van der Waals surface area contributed by atoms with Crippen LogP contribution in [-0.4, -0.2) is 43.3 Å². The Labute approximate surface area is 173 Å². The van der Waals surface area contributed by atoms with Crippen molar-refractivity contribution in [3.63, 3.8) is 0 Å². The number of hydrogen-bond donors (Lipinski definition) is 2. The molecule has 2 atom stereocenters. The Morgan fingerprint density at radius 3 is 2.33 bits per heavy atom. The quantitative estimate of drug-likeness (QED) is 0.602. The van der Waals surface area contributed by atoms with E-state index in [-0.39, 0.29) is 30.6 Å². The van der Waals surface area contributed by atoms with Gasteiger partial charge in [0.2, 0.25) is 0 Å². The first-order chi connectivity index (χ1) is 10.5. The number of piperazine rings is 1. The number of ether oxygens (including phenoxy) is 1. The van der Waals surface area contributed by atoms with Crippen molar-refractivity contribution in [2.24, 2.45) is 5.92 Å². The molecule has 1 aliphatic rings. The third-order valence-corrected chi connectivity index (χ3v) is 6.60. The van der Waals surface area contributed by atoms with Crippen molar-refractivity contribution in [3.8, 4) is 11.5 Å². The first-order valence-electron chi connectivity index (χ1n) is 7.70. The number of benzene rings is 1. The second-order valence-electron chi connectivity index (χ2n) is 5.76. The van der Waals surface area contributed by atoms with Gasteiger partial charge in [0.05, 0.1) is 11.6 Å². The van der Waals surface area contributed by atoms with Crippen LogP contribution in [0.2, 0.25) is 0 Å². The molecule has 0 saturated carbocycles. The Morgan fingerprint density at radius 2 is 1.83 bits per heavy atom. The number of phenols is 1. The lowest BCUT2D eigenvalue weighted by molar-refractivity contribution is 0.127. The van der Waals surface area contributed by atoms with Gasteiger partial charge in [-0.1, -0.05) is 20.3 Å². The first-order valence-corrected chi connectivity index (χ1v) is 9.29. The van der Waals surface area contributed by atoms with E-state index < -0.39 is 0 Å².